The van der Waals surface area contributed by atoms with Crippen molar-refractivity contribution in [2.75, 3.05) is 18.1 Å². The molecule has 2 aromatic carbocycles. The van der Waals surface area contributed by atoms with Crippen LogP contribution in [0.5, 0.6) is 0 Å². The summed E-state index contributed by atoms with van der Waals surface area (Å²) < 4.78 is 0. The van der Waals surface area contributed by atoms with Gasteiger partial charge in [-0.2, -0.15) is 0 Å². The molecule has 1 aliphatic heterocycles. The Morgan fingerprint density at radius 2 is 1.79 bits per heavy atom. The number of benzene rings is 2. The molecule has 0 saturated heterocycles. The monoisotopic (exact) mass is 340 g/mol. The van der Waals surface area contributed by atoms with Crippen LogP contribution in [0.2, 0.25) is 0 Å². The van der Waals surface area contributed by atoms with Crippen molar-refractivity contribution in [2.24, 2.45) is 0 Å². The highest BCUT2D eigenvalue weighted by Crippen LogP contribution is 2.28. The summed E-state index contributed by atoms with van der Waals surface area (Å²) in [4.78, 5) is 38.4. The zero-order chi connectivity index (χ0) is 17.1. The Labute approximate surface area is 144 Å². The van der Waals surface area contributed by atoms with Crippen molar-refractivity contribution in [2.45, 2.75) is 11.3 Å². The van der Waals surface area contributed by atoms with Gasteiger partial charge < -0.3 is 5.32 Å². The molecule has 0 radical (unpaired) electrons. The SMILES string of the molecule is CN1C(=O)c2cccc(NC(=O)CCSc3ccccc3)c2C1=O. The van der Waals surface area contributed by atoms with Crippen LogP contribution in [-0.4, -0.2) is 35.4 Å². The number of thioether (sulfide) groups is 1. The molecule has 0 saturated carbocycles. The third-order valence-electron chi connectivity index (χ3n) is 3.73. The number of hydrogen-bond acceptors (Lipinski definition) is 4. The Bertz CT molecular complexity index is 805. The number of imide groups is 1. The average molecular weight is 340 g/mol. The molecule has 1 N–H and O–H groups in total. The van der Waals surface area contributed by atoms with E-state index in [1.807, 2.05) is 30.3 Å². The first-order valence-corrected chi connectivity index (χ1v) is 8.49. The van der Waals surface area contributed by atoms with Crippen molar-refractivity contribution in [1.29, 1.82) is 0 Å². The van der Waals surface area contributed by atoms with Crippen LogP contribution in [-0.2, 0) is 4.79 Å². The minimum absolute atomic E-state index is 0.179. The molecule has 6 heteroatoms. The zero-order valence-corrected chi connectivity index (χ0v) is 13.9. The van der Waals surface area contributed by atoms with Gasteiger partial charge in [0.25, 0.3) is 11.8 Å². The number of fused-ring (bicyclic) bond motifs is 1. The summed E-state index contributed by atoms with van der Waals surface area (Å²) in [7, 11) is 1.44. The summed E-state index contributed by atoms with van der Waals surface area (Å²) in [6.07, 6.45) is 0.321. The quantitative estimate of drug-likeness (QED) is 0.671. The van der Waals surface area contributed by atoms with Gasteiger partial charge in [0, 0.05) is 24.1 Å². The molecule has 0 aliphatic carbocycles. The molecule has 5 nitrogen and oxygen atoms in total. The predicted molar refractivity (Wildman–Crippen MR) is 93.3 cm³/mol. The zero-order valence-electron chi connectivity index (χ0n) is 13.1. The van der Waals surface area contributed by atoms with Crippen LogP contribution in [0.3, 0.4) is 0 Å². The average Bonchev–Trinajstić information content (AvgIpc) is 2.81. The van der Waals surface area contributed by atoms with Gasteiger partial charge in [0.05, 0.1) is 16.8 Å². The van der Waals surface area contributed by atoms with Crippen molar-refractivity contribution in [3.05, 3.63) is 59.7 Å². The van der Waals surface area contributed by atoms with E-state index >= 15 is 0 Å². The summed E-state index contributed by atoms with van der Waals surface area (Å²) >= 11 is 1.60. The molecule has 2 aromatic rings. The van der Waals surface area contributed by atoms with Gasteiger partial charge in [0.1, 0.15) is 0 Å². The summed E-state index contributed by atoms with van der Waals surface area (Å²) in [5, 5.41) is 2.75. The fraction of sp³-hybridized carbons (Fsp3) is 0.167. The van der Waals surface area contributed by atoms with Gasteiger partial charge in [-0.3, -0.25) is 19.3 Å². The summed E-state index contributed by atoms with van der Waals surface area (Å²) in [5.74, 6) is -0.269. The lowest BCUT2D eigenvalue weighted by Crippen LogP contribution is -2.24. The maximum Gasteiger partial charge on any atom is 0.263 e. The predicted octanol–water partition coefficient (Wildman–Crippen LogP) is 3.03. The van der Waals surface area contributed by atoms with Crippen LogP contribution in [0.4, 0.5) is 5.69 Å². The molecule has 0 atom stereocenters. The van der Waals surface area contributed by atoms with Crippen molar-refractivity contribution in [3.8, 4) is 0 Å². The highest BCUT2D eigenvalue weighted by Gasteiger charge is 2.35. The standard InChI is InChI=1S/C18H16N2O3S/c1-20-17(22)13-8-5-9-14(16(13)18(20)23)19-15(21)10-11-24-12-6-3-2-4-7-12/h2-9H,10-11H2,1H3,(H,19,21). The Balaban J connectivity index is 1.64. The second-order valence-corrected chi connectivity index (χ2v) is 6.53. The fourth-order valence-electron chi connectivity index (χ4n) is 2.50. The van der Waals surface area contributed by atoms with E-state index in [2.05, 4.69) is 5.32 Å². The maximum absolute atomic E-state index is 12.2. The molecule has 3 rings (SSSR count). The molecule has 0 fully saturated rings. The van der Waals surface area contributed by atoms with Crippen molar-refractivity contribution >= 4 is 35.2 Å². The number of nitrogens with zero attached hydrogens (tertiary/aromatic N) is 1. The molecule has 0 unspecified atom stereocenters. The van der Waals surface area contributed by atoms with Crippen LogP contribution in [0, 0.1) is 0 Å². The maximum atomic E-state index is 12.2. The minimum Gasteiger partial charge on any atom is -0.325 e. The highest BCUT2D eigenvalue weighted by molar-refractivity contribution is 7.99. The number of amides is 3. The topological polar surface area (TPSA) is 66.5 Å². The molecule has 0 spiro atoms. The van der Waals surface area contributed by atoms with Gasteiger partial charge in [-0.1, -0.05) is 24.3 Å². The van der Waals surface area contributed by atoms with Crippen LogP contribution in [0.25, 0.3) is 0 Å². The Kier molecular flexibility index (Phi) is 4.66. The number of anilines is 1. The van der Waals surface area contributed by atoms with Gasteiger partial charge in [0.2, 0.25) is 5.91 Å². The number of rotatable bonds is 5. The number of hydrogen-bond donors (Lipinski definition) is 1. The lowest BCUT2D eigenvalue weighted by Gasteiger charge is -2.09. The first-order valence-electron chi connectivity index (χ1n) is 7.51. The van der Waals surface area contributed by atoms with Gasteiger partial charge in [-0.15, -0.1) is 11.8 Å². The molecule has 122 valence electrons. The lowest BCUT2D eigenvalue weighted by atomic mass is 10.1. The largest absolute Gasteiger partial charge is 0.325 e. The van der Waals surface area contributed by atoms with Crippen LogP contribution in [0.15, 0.2) is 53.4 Å². The van der Waals surface area contributed by atoms with E-state index in [-0.39, 0.29) is 23.3 Å². The van der Waals surface area contributed by atoms with E-state index in [0.29, 0.717) is 23.4 Å². The van der Waals surface area contributed by atoms with Gasteiger partial charge in [-0.05, 0) is 24.3 Å². The van der Waals surface area contributed by atoms with E-state index < -0.39 is 0 Å². The number of carbonyl (C=O) groups excluding carboxylic acids is 3. The Hall–Kier alpha value is -2.60. The molecule has 1 aliphatic rings. The lowest BCUT2D eigenvalue weighted by molar-refractivity contribution is -0.115. The molecule has 0 bridgehead atoms. The Morgan fingerprint density at radius 3 is 2.54 bits per heavy atom. The molecule has 0 aromatic heterocycles. The van der Waals surface area contributed by atoms with Crippen molar-refractivity contribution in [3.63, 3.8) is 0 Å². The highest BCUT2D eigenvalue weighted by atomic mass is 32.2. The normalized spacial score (nSPS) is 13.1. The summed E-state index contributed by atoms with van der Waals surface area (Å²) in [6, 6.07) is 14.7. The second-order valence-electron chi connectivity index (χ2n) is 5.36. The smallest absolute Gasteiger partial charge is 0.263 e. The molecule has 24 heavy (non-hydrogen) atoms. The van der Waals surface area contributed by atoms with E-state index in [1.54, 1.807) is 30.0 Å². The summed E-state index contributed by atoms with van der Waals surface area (Å²) in [6.45, 7) is 0. The minimum atomic E-state index is -0.385. The second kappa shape index (κ2) is 6.88. The molecule has 1 heterocycles. The van der Waals surface area contributed by atoms with E-state index in [0.717, 1.165) is 9.80 Å². The van der Waals surface area contributed by atoms with Gasteiger partial charge in [-0.25, -0.2) is 0 Å². The van der Waals surface area contributed by atoms with E-state index in [1.165, 1.54) is 7.05 Å². The first-order chi connectivity index (χ1) is 11.6. The van der Waals surface area contributed by atoms with Gasteiger partial charge >= 0.3 is 0 Å². The number of nitrogens with one attached hydrogen (secondary N) is 1. The molecular formula is C18H16N2O3S. The third kappa shape index (κ3) is 3.19. The first kappa shape index (κ1) is 16.3. The fourth-order valence-corrected chi connectivity index (χ4v) is 3.37. The Morgan fingerprint density at radius 1 is 1.04 bits per heavy atom. The van der Waals surface area contributed by atoms with Gasteiger partial charge in [0.15, 0.2) is 0 Å². The van der Waals surface area contributed by atoms with Crippen LogP contribution >= 0.6 is 11.8 Å². The van der Waals surface area contributed by atoms with Crippen molar-refractivity contribution < 1.29 is 14.4 Å². The summed E-state index contributed by atoms with van der Waals surface area (Å²) in [5.41, 5.74) is 0.998. The van der Waals surface area contributed by atoms with E-state index in [9.17, 15) is 14.4 Å². The van der Waals surface area contributed by atoms with E-state index in [4.69, 9.17) is 0 Å². The van der Waals surface area contributed by atoms with Crippen molar-refractivity contribution in [1.82, 2.24) is 4.90 Å². The molecule has 3 amide bonds. The van der Waals surface area contributed by atoms with Crippen LogP contribution < -0.4 is 5.32 Å². The molecular weight excluding hydrogens is 324 g/mol. The van der Waals surface area contributed by atoms with Crippen LogP contribution in [0.1, 0.15) is 27.1 Å². The third-order valence-corrected chi connectivity index (χ3v) is 4.75. The number of carbonyl (C=O) groups is 3.